The third kappa shape index (κ3) is 4.13. The Labute approximate surface area is 127 Å². The first-order chi connectivity index (χ1) is 10.6. The summed E-state index contributed by atoms with van der Waals surface area (Å²) in [6.07, 6.45) is 0.645. The van der Waals surface area contributed by atoms with Gasteiger partial charge in [-0.05, 0) is 23.6 Å². The molecule has 2 N–H and O–H groups in total. The lowest BCUT2D eigenvalue weighted by atomic mass is 10.1. The second-order valence-corrected chi connectivity index (χ2v) is 4.79. The molecule has 0 aliphatic heterocycles. The van der Waals surface area contributed by atoms with Crippen LogP contribution in [-0.4, -0.2) is 22.5 Å². The maximum Gasteiger partial charge on any atom is 0.270 e. The van der Waals surface area contributed by atoms with Crippen molar-refractivity contribution in [1.82, 2.24) is 5.32 Å². The number of amides is 1. The fourth-order valence-corrected chi connectivity index (χ4v) is 1.99. The number of rotatable bonds is 6. The Morgan fingerprint density at radius 1 is 1.14 bits per heavy atom. The van der Waals surface area contributed by atoms with Crippen LogP contribution >= 0.6 is 0 Å². The molecule has 0 heterocycles. The van der Waals surface area contributed by atoms with E-state index in [0.717, 1.165) is 11.1 Å². The van der Waals surface area contributed by atoms with Crippen LogP contribution in [0, 0.1) is 10.1 Å². The summed E-state index contributed by atoms with van der Waals surface area (Å²) in [6, 6.07) is 13.1. The van der Waals surface area contributed by atoms with Gasteiger partial charge in [-0.15, -0.1) is 0 Å². The Balaban J connectivity index is 1.89. The van der Waals surface area contributed by atoms with Crippen LogP contribution < -0.4 is 5.32 Å². The zero-order valence-corrected chi connectivity index (χ0v) is 11.9. The van der Waals surface area contributed by atoms with Crippen LogP contribution in [0.4, 0.5) is 5.69 Å². The molecule has 0 fully saturated rings. The summed E-state index contributed by atoms with van der Waals surface area (Å²) in [7, 11) is 0. The molecule has 6 heteroatoms. The van der Waals surface area contributed by atoms with Gasteiger partial charge in [-0.1, -0.05) is 30.3 Å². The first-order valence-corrected chi connectivity index (χ1v) is 6.81. The summed E-state index contributed by atoms with van der Waals surface area (Å²) in [5.41, 5.74) is 2.04. The zero-order valence-electron chi connectivity index (χ0n) is 11.9. The molecule has 2 aromatic carbocycles. The Bertz CT molecular complexity index is 668. The normalized spacial score (nSPS) is 10.2. The van der Waals surface area contributed by atoms with Gasteiger partial charge >= 0.3 is 0 Å². The van der Waals surface area contributed by atoms with Gasteiger partial charge in [0.2, 0.25) is 0 Å². The van der Waals surface area contributed by atoms with Gasteiger partial charge < -0.3 is 10.4 Å². The number of nitrogens with one attached hydrogen (secondary N) is 1. The third-order valence-corrected chi connectivity index (χ3v) is 3.22. The molecule has 0 aliphatic rings. The number of non-ortho nitro benzene ring substituents is 1. The van der Waals surface area contributed by atoms with E-state index in [4.69, 9.17) is 5.11 Å². The molecule has 0 aliphatic carbocycles. The quantitative estimate of drug-likeness (QED) is 0.631. The number of nitro groups is 1. The molecular formula is C16H16N2O4. The van der Waals surface area contributed by atoms with Crippen LogP contribution in [0.1, 0.15) is 21.5 Å². The van der Waals surface area contributed by atoms with Crippen molar-refractivity contribution in [3.05, 3.63) is 75.3 Å². The van der Waals surface area contributed by atoms with Crippen molar-refractivity contribution in [2.45, 2.75) is 13.0 Å². The van der Waals surface area contributed by atoms with Crippen molar-refractivity contribution in [2.24, 2.45) is 0 Å². The van der Waals surface area contributed by atoms with Crippen molar-refractivity contribution < 1.29 is 14.8 Å². The average Bonchev–Trinajstić information content (AvgIpc) is 2.55. The second-order valence-electron chi connectivity index (χ2n) is 4.79. The maximum atomic E-state index is 11.9. The highest BCUT2D eigenvalue weighted by molar-refractivity contribution is 5.94. The number of benzene rings is 2. The number of aliphatic hydroxyl groups is 1. The minimum absolute atomic E-state index is 0.00377. The molecule has 6 nitrogen and oxygen atoms in total. The lowest BCUT2D eigenvalue weighted by Crippen LogP contribution is -2.25. The Hall–Kier alpha value is -2.73. The highest BCUT2D eigenvalue weighted by atomic mass is 16.6. The maximum absolute atomic E-state index is 11.9. The number of carbonyl (C=O) groups excluding carboxylic acids is 1. The summed E-state index contributed by atoms with van der Waals surface area (Å²) >= 11 is 0. The lowest BCUT2D eigenvalue weighted by molar-refractivity contribution is -0.384. The first kappa shape index (κ1) is 15.7. The smallest absolute Gasteiger partial charge is 0.270 e. The fraction of sp³-hybridized carbons (Fsp3) is 0.188. The number of aliphatic hydroxyl groups excluding tert-OH is 1. The molecule has 0 aromatic heterocycles. The summed E-state index contributed by atoms with van der Waals surface area (Å²) in [5, 5.41) is 22.4. The fourth-order valence-electron chi connectivity index (χ4n) is 1.99. The largest absolute Gasteiger partial charge is 0.392 e. The summed E-state index contributed by atoms with van der Waals surface area (Å²) in [6.45, 7) is 0.434. The van der Waals surface area contributed by atoms with E-state index < -0.39 is 4.92 Å². The number of carbonyl (C=O) groups is 1. The summed E-state index contributed by atoms with van der Waals surface area (Å²) in [4.78, 5) is 22.1. The molecule has 0 spiro atoms. The third-order valence-electron chi connectivity index (χ3n) is 3.22. The Kier molecular flexibility index (Phi) is 5.21. The van der Waals surface area contributed by atoms with E-state index in [1.807, 2.05) is 24.3 Å². The van der Waals surface area contributed by atoms with Crippen LogP contribution in [0.15, 0.2) is 48.5 Å². The molecule has 0 saturated carbocycles. The van der Waals surface area contributed by atoms with Crippen LogP contribution in [0.5, 0.6) is 0 Å². The van der Waals surface area contributed by atoms with Crippen molar-refractivity contribution in [1.29, 1.82) is 0 Å². The van der Waals surface area contributed by atoms with Gasteiger partial charge in [0.25, 0.3) is 11.6 Å². The minimum atomic E-state index is -0.528. The molecule has 0 bridgehead atoms. The number of nitro benzene ring substituents is 1. The van der Waals surface area contributed by atoms with E-state index in [0.29, 0.717) is 13.0 Å². The Morgan fingerprint density at radius 2 is 1.82 bits per heavy atom. The van der Waals surface area contributed by atoms with Gasteiger partial charge in [-0.2, -0.15) is 0 Å². The topological polar surface area (TPSA) is 92.5 Å². The zero-order chi connectivity index (χ0) is 15.9. The SMILES string of the molecule is O=C(NCCc1ccc(CO)cc1)c1cccc([N+](=O)[O-])c1. The molecule has 0 unspecified atom stereocenters. The standard InChI is InChI=1S/C16H16N2O4/c19-11-13-6-4-12(5-7-13)8-9-17-16(20)14-2-1-3-15(10-14)18(21)22/h1-7,10,19H,8-9,11H2,(H,17,20). The monoisotopic (exact) mass is 300 g/mol. The first-order valence-electron chi connectivity index (χ1n) is 6.81. The van der Waals surface area contributed by atoms with Crippen LogP contribution in [0.2, 0.25) is 0 Å². The molecular weight excluding hydrogens is 284 g/mol. The van der Waals surface area contributed by atoms with Gasteiger partial charge in [0.05, 0.1) is 11.5 Å². The Morgan fingerprint density at radius 3 is 2.45 bits per heavy atom. The van der Waals surface area contributed by atoms with Crippen molar-refractivity contribution in [2.75, 3.05) is 6.54 Å². The van der Waals surface area contributed by atoms with E-state index in [1.54, 1.807) is 6.07 Å². The second kappa shape index (κ2) is 7.33. The molecule has 114 valence electrons. The minimum Gasteiger partial charge on any atom is -0.392 e. The summed E-state index contributed by atoms with van der Waals surface area (Å²) < 4.78 is 0. The van der Waals surface area contributed by atoms with E-state index in [1.165, 1.54) is 18.2 Å². The van der Waals surface area contributed by atoms with Crippen molar-refractivity contribution >= 4 is 11.6 Å². The van der Waals surface area contributed by atoms with E-state index in [-0.39, 0.29) is 23.8 Å². The predicted molar refractivity (Wildman–Crippen MR) is 81.5 cm³/mol. The average molecular weight is 300 g/mol. The number of hydrogen-bond acceptors (Lipinski definition) is 4. The lowest BCUT2D eigenvalue weighted by Gasteiger charge is -2.06. The van der Waals surface area contributed by atoms with E-state index in [2.05, 4.69) is 5.32 Å². The van der Waals surface area contributed by atoms with Gasteiger partial charge in [-0.25, -0.2) is 0 Å². The van der Waals surface area contributed by atoms with Crippen LogP contribution in [0.25, 0.3) is 0 Å². The van der Waals surface area contributed by atoms with Gasteiger partial charge in [0.1, 0.15) is 0 Å². The van der Waals surface area contributed by atoms with Crippen molar-refractivity contribution in [3.8, 4) is 0 Å². The van der Waals surface area contributed by atoms with E-state index >= 15 is 0 Å². The number of hydrogen-bond donors (Lipinski definition) is 2. The highest BCUT2D eigenvalue weighted by Gasteiger charge is 2.10. The molecule has 0 radical (unpaired) electrons. The van der Waals surface area contributed by atoms with Crippen LogP contribution in [0.3, 0.4) is 0 Å². The molecule has 1 amide bonds. The molecule has 0 saturated heterocycles. The van der Waals surface area contributed by atoms with Gasteiger partial charge in [-0.3, -0.25) is 14.9 Å². The van der Waals surface area contributed by atoms with Gasteiger partial charge in [0.15, 0.2) is 0 Å². The number of nitrogens with zero attached hydrogens (tertiary/aromatic N) is 1. The molecule has 0 atom stereocenters. The van der Waals surface area contributed by atoms with Crippen molar-refractivity contribution in [3.63, 3.8) is 0 Å². The highest BCUT2D eigenvalue weighted by Crippen LogP contribution is 2.13. The predicted octanol–water partition coefficient (Wildman–Crippen LogP) is 2.06. The van der Waals surface area contributed by atoms with Crippen LogP contribution in [-0.2, 0) is 13.0 Å². The van der Waals surface area contributed by atoms with Gasteiger partial charge in [0, 0.05) is 24.2 Å². The van der Waals surface area contributed by atoms with E-state index in [9.17, 15) is 14.9 Å². The molecule has 2 aromatic rings. The molecule has 22 heavy (non-hydrogen) atoms. The summed E-state index contributed by atoms with van der Waals surface area (Å²) in [5.74, 6) is -0.337. The molecule has 2 rings (SSSR count).